The van der Waals surface area contributed by atoms with Gasteiger partial charge in [-0.15, -0.1) is 0 Å². The highest BCUT2D eigenvalue weighted by Gasteiger charge is 2.12. The maximum atomic E-state index is 6.02. The maximum absolute atomic E-state index is 6.02. The summed E-state index contributed by atoms with van der Waals surface area (Å²) >= 11 is 7.94. The van der Waals surface area contributed by atoms with Crippen LogP contribution in [0.2, 0.25) is 5.02 Å². The molecule has 0 unspecified atom stereocenters. The predicted molar refractivity (Wildman–Crippen MR) is 82.2 cm³/mol. The van der Waals surface area contributed by atoms with Gasteiger partial charge in [0.1, 0.15) is 5.75 Å². The molecule has 0 bridgehead atoms. The zero-order valence-corrected chi connectivity index (χ0v) is 12.5. The fraction of sp³-hybridized carbons (Fsp3) is 0.462. The Balaban J connectivity index is 2.05. The molecule has 1 aliphatic heterocycles. The molecule has 0 aliphatic carbocycles. The van der Waals surface area contributed by atoms with Crippen molar-refractivity contribution in [2.24, 2.45) is 10.7 Å². The topological polar surface area (TPSA) is 50.9 Å². The van der Waals surface area contributed by atoms with Gasteiger partial charge in [-0.3, -0.25) is 0 Å². The third-order valence-electron chi connectivity index (χ3n) is 2.99. The van der Waals surface area contributed by atoms with Crippen molar-refractivity contribution in [2.75, 3.05) is 31.7 Å². The molecule has 2 rings (SSSR count). The molecule has 1 aliphatic rings. The van der Waals surface area contributed by atoms with Gasteiger partial charge in [-0.25, -0.2) is 4.99 Å². The first-order valence-corrected chi connectivity index (χ1v) is 7.69. The molecule has 0 radical (unpaired) electrons. The van der Waals surface area contributed by atoms with Gasteiger partial charge in [-0.05, 0) is 18.2 Å². The van der Waals surface area contributed by atoms with Crippen LogP contribution in [-0.4, -0.2) is 42.6 Å². The van der Waals surface area contributed by atoms with Gasteiger partial charge in [-0.1, -0.05) is 11.6 Å². The van der Waals surface area contributed by atoms with E-state index >= 15 is 0 Å². The van der Waals surface area contributed by atoms with Gasteiger partial charge in [0.25, 0.3) is 0 Å². The number of hydrogen-bond donors (Lipinski definition) is 1. The summed E-state index contributed by atoms with van der Waals surface area (Å²) < 4.78 is 5.29. The predicted octanol–water partition coefficient (Wildman–Crippen LogP) is 2.21. The van der Waals surface area contributed by atoms with Gasteiger partial charge >= 0.3 is 0 Å². The summed E-state index contributed by atoms with van der Waals surface area (Å²) in [5.74, 6) is 3.60. The normalized spacial score (nSPS) is 16.5. The summed E-state index contributed by atoms with van der Waals surface area (Å²) in [6.45, 7) is 2.42. The van der Waals surface area contributed by atoms with Crippen molar-refractivity contribution >= 4 is 29.3 Å². The highest BCUT2D eigenvalue weighted by molar-refractivity contribution is 7.99. The Bertz CT molecular complexity index is 461. The highest BCUT2D eigenvalue weighted by Crippen LogP contribution is 2.23. The SMILES string of the molecule is COc1ccc(Cl)cc1CN=C(N)N1CCSCC1. The summed E-state index contributed by atoms with van der Waals surface area (Å²) in [4.78, 5) is 6.56. The van der Waals surface area contributed by atoms with Gasteiger partial charge in [0.05, 0.1) is 13.7 Å². The van der Waals surface area contributed by atoms with Crippen LogP contribution in [-0.2, 0) is 6.54 Å². The summed E-state index contributed by atoms with van der Waals surface area (Å²) in [7, 11) is 1.64. The molecular weight excluding hydrogens is 282 g/mol. The first kappa shape index (κ1) is 14.3. The van der Waals surface area contributed by atoms with Crippen LogP contribution in [0, 0.1) is 0 Å². The average molecular weight is 300 g/mol. The van der Waals surface area contributed by atoms with Crippen LogP contribution in [0.1, 0.15) is 5.56 Å². The number of methoxy groups -OCH3 is 1. The van der Waals surface area contributed by atoms with Crippen molar-refractivity contribution in [2.45, 2.75) is 6.54 Å². The number of nitrogens with two attached hydrogens (primary N) is 1. The van der Waals surface area contributed by atoms with E-state index in [4.69, 9.17) is 22.1 Å². The molecule has 1 heterocycles. The van der Waals surface area contributed by atoms with Gasteiger partial charge in [-0.2, -0.15) is 11.8 Å². The number of halogens is 1. The zero-order chi connectivity index (χ0) is 13.7. The quantitative estimate of drug-likeness (QED) is 0.687. The number of rotatable bonds is 3. The molecule has 1 saturated heterocycles. The fourth-order valence-electron chi connectivity index (χ4n) is 1.93. The molecule has 1 fully saturated rings. The Morgan fingerprint density at radius 3 is 2.89 bits per heavy atom. The van der Waals surface area contributed by atoms with E-state index in [0.29, 0.717) is 17.5 Å². The zero-order valence-electron chi connectivity index (χ0n) is 10.9. The van der Waals surface area contributed by atoms with Gasteiger partial charge in [0.15, 0.2) is 5.96 Å². The number of guanidine groups is 1. The highest BCUT2D eigenvalue weighted by atomic mass is 35.5. The van der Waals surface area contributed by atoms with E-state index in [9.17, 15) is 0 Å². The van der Waals surface area contributed by atoms with Crippen LogP contribution in [0.25, 0.3) is 0 Å². The van der Waals surface area contributed by atoms with Crippen molar-refractivity contribution in [3.63, 3.8) is 0 Å². The Morgan fingerprint density at radius 1 is 1.47 bits per heavy atom. The summed E-state index contributed by atoms with van der Waals surface area (Å²) in [6, 6.07) is 5.52. The second kappa shape index (κ2) is 6.91. The van der Waals surface area contributed by atoms with Crippen LogP contribution in [0.4, 0.5) is 0 Å². The second-order valence-corrected chi connectivity index (χ2v) is 5.89. The summed E-state index contributed by atoms with van der Waals surface area (Å²) in [5.41, 5.74) is 6.97. The lowest BCUT2D eigenvalue weighted by Crippen LogP contribution is -2.42. The molecule has 0 amide bonds. The standard InChI is InChI=1S/C13H18ClN3OS/c1-18-12-3-2-11(14)8-10(12)9-16-13(15)17-4-6-19-7-5-17/h2-3,8H,4-7,9H2,1H3,(H2,15,16). The van der Waals surface area contributed by atoms with E-state index in [-0.39, 0.29) is 0 Å². The van der Waals surface area contributed by atoms with Crippen molar-refractivity contribution in [3.05, 3.63) is 28.8 Å². The van der Waals surface area contributed by atoms with E-state index in [1.165, 1.54) is 0 Å². The number of ether oxygens (including phenoxy) is 1. The molecule has 1 aromatic carbocycles. The summed E-state index contributed by atoms with van der Waals surface area (Å²) in [6.07, 6.45) is 0. The van der Waals surface area contributed by atoms with Gasteiger partial charge < -0.3 is 15.4 Å². The van der Waals surface area contributed by atoms with Crippen molar-refractivity contribution in [3.8, 4) is 5.75 Å². The molecule has 0 atom stereocenters. The van der Waals surface area contributed by atoms with Crippen LogP contribution in [0.3, 0.4) is 0 Å². The van der Waals surface area contributed by atoms with Crippen LogP contribution in [0.5, 0.6) is 5.75 Å². The first-order chi connectivity index (χ1) is 9.20. The van der Waals surface area contributed by atoms with E-state index in [1.807, 2.05) is 23.9 Å². The largest absolute Gasteiger partial charge is 0.496 e. The minimum absolute atomic E-state index is 0.485. The Kier molecular flexibility index (Phi) is 5.22. The van der Waals surface area contributed by atoms with Crippen molar-refractivity contribution in [1.29, 1.82) is 0 Å². The van der Waals surface area contributed by atoms with E-state index in [2.05, 4.69) is 9.89 Å². The number of nitrogens with zero attached hydrogens (tertiary/aromatic N) is 2. The number of hydrogen-bond acceptors (Lipinski definition) is 3. The molecule has 19 heavy (non-hydrogen) atoms. The van der Waals surface area contributed by atoms with E-state index in [0.717, 1.165) is 35.9 Å². The third kappa shape index (κ3) is 3.94. The van der Waals surface area contributed by atoms with E-state index in [1.54, 1.807) is 13.2 Å². The van der Waals surface area contributed by atoms with Crippen molar-refractivity contribution in [1.82, 2.24) is 4.90 Å². The molecule has 104 valence electrons. The molecule has 4 nitrogen and oxygen atoms in total. The van der Waals surface area contributed by atoms with Gasteiger partial charge in [0.2, 0.25) is 0 Å². The molecule has 6 heteroatoms. The lowest BCUT2D eigenvalue weighted by Gasteiger charge is -2.27. The first-order valence-electron chi connectivity index (χ1n) is 6.15. The van der Waals surface area contributed by atoms with Crippen LogP contribution < -0.4 is 10.5 Å². The molecule has 0 saturated carbocycles. The van der Waals surface area contributed by atoms with E-state index < -0.39 is 0 Å². The maximum Gasteiger partial charge on any atom is 0.191 e. The number of thioether (sulfide) groups is 1. The molecular formula is C13H18ClN3OS. The molecule has 0 aromatic heterocycles. The third-order valence-corrected chi connectivity index (χ3v) is 4.17. The fourth-order valence-corrected chi connectivity index (χ4v) is 3.03. The summed E-state index contributed by atoms with van der Waals surface area (Å²) in [5, 5.41) is 0.680. The minimum atomic E-state index is 0.485. The Morgan fingerprint density at radius 2 is 2.21 bits per heavy atom. The molecule has 2 N–H and O–H groups in total. The Hall–Kier alpha value is -1.07. The molecule has 1 aromatic rings. The van der Waals surface area contributed by atoms with Crippen LogP contribution >= 0.6 is 23.4 Å². The Labute approximate surface area is 123 Å². The van der Waals surface area contributed by atoms with Crippen molar-refractivity contribution < 1.29 is 4.74 Å². The monoisotopic (exact) mass is 299 g/mol. The average Bonchev–Trinajstić information content (AvgIpc) is 2.46. The van der Waals surface area contributed by atoms with Gasteiger partial charge in [0, 0.05) is 35.2 Å². The smallest absolute Gasteiger partial charge is 0.191 e. The number of aliphatic imine (C=N–C) groups is 1. The lowest BCUT2D eigenvalue weighted by atomic mass is 10.2. The molecule has 0 spiro atoms. The minimum Gasteiger partial charge on any atom is -0.496 e. The number of benzene rings is 1. The second-order valence-electron chi connectivity index (χ2n) is 4.23. The lowest BCUT2D eigenvalue weighted by molar-refractivity contribution is 0.409. The van der Waals surface area contributed by atoms with Crippen LogP contribution in [0.15, 0.2) is 23.2 Å².